The Morgan fingerprint density at radius 3 is 2.28 bits per heavy atom. The summed E-state index contributed by atoms with van der Waals surface area (Å²) in [6.45, 7) is 0.637. The number of amides is 1. The van der Waals surface area contributed by atoms with Gasteiger partial charge in [-0.05, 0) is 19.1 Å². The van der Waals surface area contributed by atoms with Crippen LogP contribution in [-0.4, -0.2) is 35.4 Å². The van der Waals surface area contributed by atoms with Gasteiger partial charge in [-0.15, -0.1) is 0 Å². The summed E-state index contributed by atoms with van der Waals surface area (Å²) in [5.41, 5.74) is 1.22. The molecule has 2 nitrogen and oxygen atoms in total. The van der Waals surface area contributed by atoms with Crippen molar-refractivity contribution in [2.45, 2.75) is 13.1 Å². The second-order valence-electron chi connectivity index (χ2n) is 3.90. The summed E-state index contributed by atoms with van der Waals surface area (Å²) in [5.74, 6) is -0.605. The molecule has 0 fully saturated rings. The van der Waals surface area contributed by atoms with Crippen LogP contribution < -0.4 is 0 Å². The molecule has 1 aromatic carbocycles. The van der Waals surface area contributed by atoms with Crippen molar-refractivity contribution in [2.24, 2.45) is 0 Å². The van der Waals surface area contributed by atoms with Crippen LogP contribution in [0.5, 0.6) is 0 Å². The highest BCUT2D eigenvalue weighted by atomic mass is 79.9. The number of hydrogen-bond acceptors (Lipinski definition) is 1. The van der Waals surface area contributed by atoms with Gasteiger partial charge in [-0.2, -0.15) is 13.2 Å². The van der Waals surface area contributed by atoms with Crippen LogP contribution in [0.3, 0.4) is 0 Å². The fraction of sp³-hybridized carbons (Fsp3) is 0.417. The molecule has 0 saturated heterocycles. The molecule has 1 aromatic rings. The molecule has 0 aliphatic heterocycles. The zero-order valence-corrected chi connectivity index (χ0v) is 11.4. The van der Waals surface area contributed by atoms with Crippen LogP contribution in [-0.2, 0) is 0 Å². The molecule has 0 unspecified atom stereocenters. The van der Waals surface area contributed by atoms with Crippen molar-refractivity contribution >= 4 is 21.8 Å². The molecule has 0 aromatic heterocycles. The molecule has 0 atom stereocenters. The van der Waals surface area contributed by atoms with E-state index >= 15 is 0 Å². The lowest BCUT2D eigenvalue weighted by Crippen LogP contribution is -2.40. The number of aryl methyl sites for hydroxylation is 1. The van der Waals surface area contributed by atoms with Crippen LogP contribution in [0.2, 0.25) is 0 Å². The maximum absolute atomic E-state index is 12.4. The number of alkyl halides is 4. The lowest BCUT2D eigenvalue weighted by atomic mass is 10.1. The van der Waals surface area contributed by atoms with Crippen molar-refractivity contribution in [3.63, 3.8) is 0 Å². The molecule has 100 valence electrons. The quantitative estimate of drug-likeness (QED) is 0.778. The van der Waals surface area contributed by atoms with Crippen molar-refractivity contribution in [1.29, 1.82) is 0 Å². The Bertz CT molecular complexity index is 403. The van der Waals surface area contributed by atoms with Crippen molar-refractivity contribution in [1.82, 2.24) is 4.90 Å². The van der Waals surface area contributed by atoms with Crippen LogP contribution in [0.1, 0.15) is 15.9 Å². The van der Waals surface area contributed by atoms with Crippen LogP contribution in [0.4, 0.5) is 13.2 Å². The highest BCUT2D eigenvalue weighted by Crippen LogP contribution is 2.18. The molecule has 0 aliphatic carbocycles. The number of carbonyl (C=O) groups excluding carboxylic acids is 1. The van der Waals surface area contributed by atoms with Crippen LogP contribution >= 0.6 is 15.9 Å². The second-order valence-corrected chi connectivity index (χ2v) is 4.69. The summed E-state index contributed by atoms with van der Waals surface area (Å²) in [4.78, 5) is 12.7. The third-order valence-electron chi connectivity index (χ3n) is 2.31. The molecule has 0 bridgehead atoms. The monoisotopic (exact) mass is 323 g/mol. The van der Waals surface area contributed by atoms with Gasteiger partial charge >= 0.3 is 6.18 Å². The first-order valence-electron chi connectivity index (χ1n) is 5.32. The zero-order valence-electron chi connectivity index (χ0n) is 9.80. The smallest absolute Gasteiger partial charge is 0.329 e. The number of benzene rings is 1. The summed E-state index contributed by atoms with van der Waals surface area (Å²) in [6, 6.07) is 6.48. The predicted octanol–water partition coefficient (Wildman–Crippen LogP) is 3.39. The first kappa shape index (κ1) is 15.0. The fourth-order valence-corrected chi connectivity index (χ4v) is 1.88. The third kappa shape index (κ3) is 4.68. The van der Waals surface area contributed by atoms with Crippen molar-refractivity contribution in [3.05, 3.63) is 35.4 Å². The van der Waals surface area contributed by atoms with E-state index in [-0.39, 0.29) is 12.1 Å². The molecule has 0 N–H and O–H groups in total. The molecule has 6 heteroatoms. The fourth-order valence-electron chi connectivity index (χ4n) is 1.45. The van der Waals surface area contributed by atoms with Gasteiger partial charge < -0.3 is 4.90 Å². The maximum Gasteiger partial charge on any atom is 0.406 e. The lowest BCUT2D eigenvalue weighted by Gasteiger charge is -2.23. The standard InChI is InChI=1S/C12H13BrF3NO/c1-9-2-4-10(5-3-9)11(18)17(7-6-13)8-12(14,15)16/h2-5H,6-8H2,1H3. The SMILES string of the molecule is Cc1ccc(C(=O)N(CCBr)CC(F)(F)F)cc1. The maximum atomic E-state index is 12.4. The topological polar surface area (TPSA) is 20.3 Å². The number of rotatable bonds is 4. The third-order valence-corrected chi connectivity index (χ3v) is 2.66. The van der Waals surface area contributed by atoms with Gasteiger partial charge in [-0.3, -0.25) is 4.79 Å². The number of carbonyl (C=O) groups is 1. The molecule has 1 amide bonds. The zero-order chi connectivity index (χ0) is 13.8. The second kappa shape index (κ2) is 6.22. The lowest BCUT2D eigenvalue weighted by molar-refractivity contribution is -0.140. The average Bonchev–Trinajstić information content (AvgIpc) is 2.27. The van der Waals surface area contributed by atoms with Crippen LogP contribution in [0.25, 0.3) is 0 Å². The van der Waals surface area contributed by atoms with Gasteiger partial charge in [0, 0.05) is 17.4 Å². The average molecular weight is 324 g/mol. The Morgan fingerprint density at radius 2 is 1.83 bits per heavy atom. The Morgan fingerprint density at radius 1 is 1.28 bits per heavy atom. The Balaban J connectivity index is 2.85. The van der Waals surface area contributed by atoms with Gasteiger partial charge in [-0.1, -0.05) is 33.6 Å². The largest absolute Gasteiger partial charge is 0.406 e. The van der Waals surface area contributed by atoms with E-state index in [1.54, 1.807) is 12.1 Å². The van der Waals surface area contributed by atoms with Crippen molar-refractivity contribution in [2.75, 3.05) is 18.4 Å². The Hall–Kier alpha value is -1.04. The van der Waals surface area contributed by atoms with E-state index in [1.165, 1.54) is 12.1 Å². The van der Waals surface area contributed by atoms with Gasteiger partial charge in [0.2, 0.25) is 0 Å². The predicted molar refractivity (Wildman–Crippen MR) is 66.9 cm³/mol. The first-order valence-corrected chi connectivity index (χ1v) is 6.44. The minimum atomic E-state index is -4.39. The Labute approximate surface area is 112 Å². The van der Waals surface area contributed by atoms with Gasteiger partial charge in [-0.25, -0.2) is 0 Å². The van der Waals surface area contributed by atoms with E-state index in [1.807, 2.05) is 6.92 Å². The summed E-state index contributed by atoms with van der Waals surface area (Å²) >= 11 is 3.05. The molecule has 0 radical (unpaired) electrons. The summed E-state index contributed by atoms with van der Waals surface area (Å²) in [7, 11) is 0. The van der Waals surface area contributed by atoms with Gasteiger partial charge in [0.1, 0.15) is 6.54 Å². The minimum Gasteiger partial charge on any atom is -0.329 e. The summed E-state index contributed by atoms with van der Waals surface area (Å²) in [5, 5.41) is 0.306. The highest BCUT2D eigenvalue weighted by molar-refractivity contribution is 9.09. The molecule has 1 rings (SSSR count). The van der Waals surface area contributed by atoms with Crippen LogP contribution in [0.15, 0.2) is 24.3 Å². The van der Waals surface area contributed by atoms with E-state index in [0.717, 1.165) is 10.5 Å². The van der Waals surface area contributed by atoms with Gasteiger partial charge in [0.25, 0.3) is 5.91 Å². The van der Waals surface area contributed by atoms with Crippen molar-refractivity contribution in [3.8, 4) is 0 Å². The molecule has 0 saturated carbocycles. The molecular weight excluding hydrogens is 311 g/mol. The normalized spacial score (nSPS) is 11.4. The van der Waals surface area contributed by atoms with E-state index in [4.69, 9.17) is 0 Å². The minimum absolute atomic E-state index is 0.0201. The summed E-state index contributed by atoms with van der Waals surface area (Å²) < 4.78 is 37.1. The highest BCUT2D eigenvalue weighted by Gasteiger charge is 2.32. The van der Waals surface area contributed by atoms with E-state index in [0.29, 0.717) is 5.33 Å². The van der Waals surface area contributed by atoms with Crippen LogP contribution in [0, 0.1) is 6.92 Å². The number of nitrogens with zero attached hydrogens (tertiary/aromatic N) is 1. The summed E-state index contributed by atoms with van der Waals surface area (Å²) in [6.07, 6.45) is -4.39. The van der Waals surface area contributed by atoms with E-state index in [2.05, 4.69) is 15.9 Å². The molecule has 0 aliphatic rings. The number of halogens is 4. The molecule has 18 heavy (non-hydrogen) atoms. The van der Waals surface area contributed by atoms with Gasteiger partial charge in [0.15, 0.2) is 0 Å². The number of hydrogen-bond donors (Lipinski definition) is 0. The molecular formula is C12H13BrF3NO. The first-order chi connectivity index (χ1) is 8.33. The molecule has 0 heterocycles. The Kier molecular flexibility index (Phi) is 5.19. The van der Waals surface area contributed by atoms with E-state index < -0.39 is 18.6 Å². The van der Waals surface area contributed by atoms with E-state index in [9.17, 15) is 18.0 Å². The van der Waals surface area contributed by atoms with Crippen molar-refractivity contribution < 1.29 is 18.0 Å². The van der Waals surface area contributed by atoms with Gasteiger partial charge in [0.05, 0.1) is 0 Å². The molecule has 0 spiro atoms.